The number of halogens is 5. The van der Waals surface area contributed by atoms with Crippen LogP contribution in [0.4, 0.5) is 22.0 Å². The highest BCUT2D eigenvalue weighted by Gasteiger charge is 2.42. The Hall–Kier alpha value is -4.87. The molecule has 3 N–H and O–H groups in total. The van der Waals surface area contributed by atoms with Crippen LogP contribution >= 0.6 is 0 Å². The van der Waals surface area contributed by atoms with Crippen molar-refractivity contribution in [3.8, 4) is 11.1 Å². The summed E-state index contributed by atoms with van der Waals surface area (Å²) < 4.78 is 71.0. The van der Waals surface area contributed by atoms with E-state index in [0.29, 0.717) is 34.9 Å². The lowest BCUT2D eigenvalue weighted by Gasteiger charge is -2.22. The Balaban J connectivity index is 1.35. The highest BCUT2D eigenvalue weighted by Crippen LogP contribution is 2.52. The highest BCUT2D eigenvalue weighted by molar-refractivity contribution is 5.94. The minimum absolute atomic E-state index is 0.108. The lowest BCUT2D eigenvalue weighted by Crippen LogP contribution is -2.34. The first kappa shape index (κ1) is 27.3. The largest absolute Gasteiger partial charge is 0.366 e. The maximum Gasteiger partial charge on any atom is 0.282 e. The number of primary amides is 1. The van der Waals surface area contributed by atoms with Crippen LogP contribution in [0, 0.1) is 17.5 Å². The number of hydrogen-bond acceptors (Lipinski definition) is 4. The first-order valence-electron chi connectivity index (χ1n) is 13.0. The number of nitrogens with two attached hydrogens (primary N) is 1. The van der Waals surface area contributed by atoms with Gasteiger partial charge >= 0.3 is 0 Å². The smallest absolute Gasteiger partial charge is 0.282 e. The molecule has 6 rings (SSSR count). The number of fused-ring (bicyclic) bond motifs is 3. The first-order chi connectivity index (χ1) is 20.1. The maximum absolute atomic E-state index is 14.2. The van der Waals surface area contributed by atoms with Gasteiger partial charge in [-0.25, -0.2) is 22.0 Å². The van der Waals surface area contributed by atoms with Gasteiger partial charge in [-0.1, -0.05) is 23.8 Å². The van der Waals surface area contributed by atoms with Gasteiger partial charge in [0.2, 0.25) is 5.91 Å². The summed E-state index contributed by atoms with van der Waals surface area (Å²) in [6, 6.07) is 8.90. The van der Waals surface area contributed by atoms with Crippen molar-refractivity contribution in [2.45, 2.75) is 37.8 Å². The zero-order valence-electron chi connectivity index (χ0n) is 21.8. The molecule has 1 unspecified atom stereocenters. The van der Waals surface area contributed by atoms with E-state index in [4.69, 9.17) is 5.73 Å². The van der Waals surface area contributed by atoms with Crippen molar-refractivity contribution in [1.29, 1.82) is 0 Å². The van der Waals surface area contributed by atoms with Crippen molar-refractivity contribution >= 4 is 11.8 Å². The third-order valence-corrected chi connectivity index (χ3v) is 7.39. The summed E-state index contributed by atoms with van der Waals surface area (Å²) in [5.74, 6) is -4.20. The van der Waals surface area contributed by atoms with Crippen LogP contribution in [0.5, 0.6) is 0 Å². The Morgan fingerprint density at radius 2 is 1.81 bits per heavy atom. The standard InChI is InChI=1S/C30H22F5N5O2/c31-17-6-14(7-18(32)12-17)8-23(27-19(2-1-5-37-27)15-3-4-22(33)21(9-15)30(36)42)38-25(41)13-40-24-11-16-10-20(16)26(24)28(39-40)29(34)35/h1-7,9-10,12,20,23,29H,8,11,13H2,(H2,36,42)(H,38,41)/t20-,23?/m0/s1. The van der Waals surface area contributed by atoms with Gasteiger partial charge < -0.3 is 11.1 Å². The molecule has 0 saturated carbocycles. The van der Waals surface area contributed by atoms with Crippen molar-refractivity contribution < 1.29 is 31.5 Å². The van der Waals surface area contributed by atoms with E-state index in [1.54, 1.807) is 12.1 Å². The Bertz CT molecular complexity index is 1760. The van der Waals surface area contributed by atoms with Gasteiger partial charge in [0.1, 0.15) is 29.7 Å². The van der Waals surface area contributed by atoms with E-state index >= 15 is 0 Å². The lowest BCUT2D eigenvalue weighted by molar-refractivity contribution is -0.122. The topological polar surface area (TPSA) is 103 Å². The van der Waals surface area contributed by atoms with Gasteiger partial charge in [-0.3, -0.25) is 19.3 Å². The summed E-state index contributed by atoms with van der Waals surface area (Å²) >= 11 is 0. The summed E-state index contributed by atoms with van der Waals surface area (Å²) in [4.78, 5) is 29.6. The number of benzene rings is 2. The van der Waals surface area contributed by atoms with Crippen LogP contribution in [-0.2, 0) is 24.2 Å². The third-order valence-electron chi connectivity index (χ3n) is 7.39. The second kappa shape index (κ2) is 10.5. The van der Waals surface area contributed by atoms with E-state index in [0.717, 1.165) is 23.8 Å². The fraction of sp³-hybridized carbons (Fsp3) is 0.200. The number of aromatic nitrogens is 3. The van der Waals surface area contributed by atoms with Crippen LogP contribution in [0.1, 0.15) is 57.0 Å². The quantitative estimate of drug-likeness (QED) is 0.213. The number of pyridine rings is 1. The van der Waals surface area contributed by atoms with E-state index in [9.17, 15) is 31.5 Å². The fourth-order valence-corrected chi connectivity index (χ4v) is 5.52. The summed E-state index contributed by atoms with van der Waals surface area (Å²) in [6.45, 7) is -0.381. The van der Waals surface area contributed by atoms with E-state index < -0.39 is 41.7 Å². The van der Waals surface area contributed by atoms with Gasteiger partial charge in [-0.2, -0.15) is 5.10 Å². The fourth-order valence-electron chi connectivity index (χ4n) is 5.52. The molecule has 2 aliphatic carbocycles. The number of nitrogens with one attached hydrogen (secondary N) is 1. The number of amides is 2. The van der Waals surface area contributed by atoms with E-state index in [1.165, 1.54) is 23.0 Å². The Morgan fingerprint density at radius 3 is 2.52 bits per heavy atom. The van der Waals surface area contributed by atoms with Crippen LogP contribution in [0.25, 0.3) is 11.1 Å². The van der Waals surface area contributed by atoms with Crippen LogP contribution in [0.2, 0.25) is 0 Å². The molecule has 2 heterocycles. The Kier molecular flexibility index (Phi) is 6.83. The third kappa shape index (κ3) is 5.15. The number of carbonyl (C=O) groups excluding carboxylic acids is 2. The molecular weight excluding hydrogens is 557 g/mol. The molecule has 214 valence electrons. The second-order valence-electron chi connectivity index (χ2n) is 10.2. The monoisotopic (exact) mass is 579 g/mol. The van der Waals surface area contributed by atoms with Crippen LogP contribution in [-0.4, -0.2) is 26.6 Å². The van der Waals surface area contributed by atoms with Crippen LogP contribution < -0.4 is 11.1 Å². The predicted molar refractivity (Wildman–Crippen MR) is 141 cm³/mol. The van der Waals surface area contributed by atoms with Crippen molar-refractivity contribution in [2.24, 2.45) is 5.73 Å². The summed E-state index contributed by atoms with van der Waals surface area (Å²) in [7, 11) is 0. The molecule has 0 radical (unpaired) electrons. The Morgan fingerprint density at radius 1 is 1.05 bits per heavy atom. The van der Waals surface area contributed by atoms with E-state index in [-0.39, 0.29) is 41.4 Å². The molecule has 4 aromatic rings. The predicted octanol–water partition coefficient (Wildman–Crippen LogP) is 5.08. The zero-order chi connectivity index (χ0) is 29.7. The molecule has 42 heavy (non-hydrogen) atoms. The average Bonchev–Trinajstić information content (AvgIpc) is 3.45. The van der Waals surface area contributed by atoms with Gasteiger partial charge in [-0.15, -0.1) is 0 Å². The average molecular weight is 580 g/mol. The maximum atomic E-state index is 14.2. The lowest BCUT2D eigenvalue weighted by atomic mass is 9.94. The van der Waals surface area contributed by atoms with Crippen molar-refractivity contribution in [3.63, 3.8) is 0 Å². The van der Waals surface area contributed by atoms with Gasteiger partial charge in [0.15, 0.2) is 0 Å². The van der Waals surface area contributed by atoms with Gasteiger partial charge in [0, 0.05) is 41.4 Å². The number of carbonyl (C=O) groups is 2. The molecular formula is C30H22F5N5O2. The normalized spacial score (nSPS) is 15.7. The molecule has 0 spiro atoms. The van der Waals surface area contributed by atoms with Crippen molar-refractivity contribution in [1.82, 2.24) is 20.1 Å². The number of hydrogen-bond donors (Lipinski definition) is 2. The van der Waals surface area contributed by atoms with Crippen molar-refractivity contribution in [3.05, 3.63) is 118 Å². The molecule has 7 nitrogen and oxygen atoms in total. The minimum Gasteiger partial charge on any atom is -0.366 e. The Labute approximate surface area is 235 Å². The minimum atomic E-state index is -2.80. The van der Waals surface area contributed by atoms with E-state index in [2.05, 4.69) is 15.4 Å². The molecule has 0 fully saturated rings. The van der Waals surface area contributed by atoms with Crippen molar-refractivity contribution in [2.75, 3.05) is 0 Å². The number of alkyl halides is 2. The van der Waals surface area contributed by atoms with Gasteiger partial charge in [-0.05, 0) is 47.9 Å². The molecule has 2 aromatic heterocycles. The summed E-state index contributed by atoms with van der Waals surface area (Å²) in [6.07, 6.45) is 0.844. The van der Waals surface area contributed by atoms with E-state index in [1.807, 2.05) is 6.08 Å². The molecule has 0 saturated heterocycles. The molecule has 12 heteroatoms. The zero-order valence-corrected chi connectivity index (χ0v) is 21.8. The highest BCUT2D eigenvalue weighted by atomic mass is 19.3. The summed E-state index contributed by atoms with van der Waals surface area (Å²) in [5.41, 5.74) is 7.82. The number of rotatable bonds is 9. The second-order valence-corrected chi connectivity index (χ2v) is 10.2. The van der Waals surface area contributed by atoms with Crippen LogP contribution in [0.15, 0.2) is 66.4 Å². The van der Waals surface area contributed by atoms with Crippen LogP contribution in [0.3, 0.4) is 0 Å². The first-order valence-corrected chi connectivity index (χ1v) is 13.0. The van der Waals surface area contributed by atoms with Gasteiger partial charge in [0.05, 0.1) is 17.3 Å². The number of allylic oxidation sites excluding steroid dienone is 2. The molecule has 2 amide bonds. The molecule has 0 bridgehead atoms. The summed E-state index contributed by atoms with van der Waals surface area (Å²) in [5, 5.41) is 6.82. The molecule has 2 aromatic carbocycles. The molecule has 0 aliphatic heterocycles. The number of nitrogens with zero attached hydrogens (tertiary/aromatic N) is 3. The van der Waals surface area contributed by atoms with Gasteiger partial charge in [0.25, 0.3) is 12.3 Å². The SMILES string of the molecule is NC(=O)c1cc(-c2cccnc2C(Cc2cc(F)cc(F)c2)NC(=O)Cn2nc(C(F)F)c3c2CC2=C[C@@H]23)ccc1F. The molecule has 2 atom stereocenters. The molecule has 2 aliphatic rings.